The number of aryl methyl sites for hydroxylation is 1. The lowest BCUT2D eigenvalue weighted by Gasteiger charge is -2.10. The van der Waals surface area contributed by atoms with Gasteiger partial charge in [-0.25, -0.2) is 9.37 Å². The van der Waals surface area contributed by atoms with Crippen LogP contribution in [0.2, 0.25) is 0 Å². The molecule has 0 aliphatic carbocycles. The van der Waals surface area contributed by atoms with Crippen molar-refractivity contribution in [2.24, 2.45) is 5.73 Å². The highest BCUT2D eigenvalue weighted by atomic mass is 32.1. The fourth-order valence-corrected chi connectivity index (χ4v) is 1.69. The summed E-state index contributed by atoms with van der Waals surface area (Å²) < 4.78 is 12.8. The summed E-state index contributed by atoms with van der Waals surface area (Å²) in [6, 6.07) is 9.66. The van der Waals surface area contributed by atoms with Gasteiger partial charge in [0.2, 0.25) is 0 Å². The zero-order chi connectivity index (χ0) is 13.1. The topological polar surface area (TPSA) is 50.9 Å². The van der Waals surface area contributed by atoms with Crippen molar-refractivity contribution in [3.63, 3.8) is 0 Å². The molecule has 92 valence electrons. The van der Waals surface area contributed by atoms with Gasteiger partial charge in [-0.15, -0.1) is 0 Å². The Balaban J connectivity index is 2.35. The molecule has 0 bridgehead atoms. The lowest BCUT2D eigenvalue weighted by molar-refractivity contribution is 0.628. The highest BCUT2D eigenvalue weighted by Gasteiger charge is 2.07. The van der Waals surface area contributed by atoms with Crippen LogP contribution < -0.4 is 11.1 Å². The van der Waals surface area contributed by atoms with Gasteiger partial charge in [0.25, 0.3) is 0 Å². The summed E-state index contributed by atoms with van der Waals surface area (Å²) in [7, 11) is 0. The molecule has 2 rings (SSSR count). The highest BCUT2D eigenvalue weighted by Crippen LogP contribution is 2.19. The van der Waals surface area contributed by atoms with Crippen LogP contribution in [-0.4, -0.2) is 9.97 Å². The molecule has 0 amide bonds. The number of rotatable bonds is 3. The van der Waals surface area contributed by atoms with Gasteiger partial charge >= 0.3 is 0 Å². The van der Waals surface area contributed by atoms with E-state index in [1.165, 1.54) is 12.1 Å². The van der Waals surface area contributed by atoms with Crippen LogP contribution in [0.15, 0.2) is 36.4 Å². The number of nitrogens with one attached hydrogen (secondary N) is 1. The van der Waals surface area contributed by atoms with Crippen LogP contribution in [0.5, 0.6) is 0 Å². The van der Waals surface area contributed by atoms with E-state index in [0.29, 0.717) is 11.4 Å². The lowest BCUT2D eigenvalue weighted by atomic mass is 10.2. The first-order chi connectivity index (χ1) is 8.56. The highest BCUT2D eigenvalue weighted by molar-refractivity contribution is 7.80. The second-order valence-corrected chi connectivity index (χ2v) is 4.28. The fraction of sp³-hybridized carbons (Fsp3) is 0.0769. The number of aromatic nitrogens is 1. The molecule has 0 radical (unpaired) electrons. The minimum absolute atomic E-state index is 0.270. The number of nitrogens with zero attached hydrogens (tertiary/aromatic N) is 1. The Hall–Kier alpha value is -2.01. The Morgan fingerprint density at radius 3 is 2.50 bits per heavy atom. The van der Waals surface area contributed by atoms with Crippen LogP contribution in [0.3, 0.4) is 0 Å². The van der Waals surface area contributed by atoms with Crippen molar-refractivity contribution in [2.45, 2.75) is 6.92 Å². The molecule has 18 heavy (non-hydrogen) atoms. The first kappa shape index (κ1) is 12.4. The average molecular weight is 261 g/mol. The monoisotopic (exact) mass is 261 g/mol. The lowest BCUT2D eigenvalue weighted by Crippen LogP contribution is -2.13. The van der Waals surface area contributed by atoms with Gasteiger partial charge in [0.05, 0.1) is 5.56 Å². The quantitative estimate of drug-likeness (QED) is 0.834. The maximum atomic E-state index is 12.8. The smallest absolute Gasteiger partial charge is 0.140 e. The second kappa shape index (κ2) is 5.10. The molecule has 1 aromatic heterocycles. The van der Waals surface area contributed by atoms with Crippen molar-refractivity contribution in [2.75, 3.05) is 5.32 Å². The number of anilines is 2. The van der Waals surface area contributed by atoms with Gasteiger partial charge in [0.1, 0.15) is 16.6 Å². The van der Waals surface area contributed by atoms with E-state index in [0.717, 1.165) is 11.4 Å². The number of hydrogen-bond donors (Lipinski definition) is 2. The largest absolute Gasteiger partial charge is 0.389 e. The molecule has 0 atom stereocenters. The summed E-state index contributed by atoms with van der Waals surface area (Å²) in [6.45, 7) is 1.87. The van der Waals surface area contributed by atoms with Crippen molar-refractivity contribution in [1.29, 1.82) is 0 Å². The second-order valence-electron chi connectivity index (χ2n) is 3.84. The molecular weight excluding hydrogens is 249 g/mol. The van der Waals surface area contributed by atoms with Crippen LogP contribution in [0.1, 0.15) is 11.3 Å². The third-order valence-electron chi connectivity index (χ3n) is 2.41. The molecule has 3 nitrogen and oxygen atoms in total. The Labute approximate surface area is 110 Å². The van der Waals surface area contributed by atoms with E-state index in [-0.39, 0.29) is 10.8 Å². The molecule has 0 aliphatic heterocycles. The van der Waals surface area contributed by atoms with Gasteiger partial charge in [0.15, 0.2) is 0 Å². The standard InChI is InChI=1S/C13H12FN3S/c1-8-2-7-11(12(15)18)13(16-8)17-10-5-3-9(14)4-6-10/h2-7H,1H3,(H2,15,18)(H,16,17). The normalized spacial score (nSPS) is 10.1. The summed E-state index contributed by atoms with van der Waals surface area (Å²) in [5.74, 6) is 0.293. The molecule has 5 heteroatoms. The van der Waals surface area contributed by atoms with Crippen molar-refractivity contribution < 1.29 is 4.39 Å². The Bertz CT molecular complexity index is 581. The molecular formula is C13H12FN3S. The molecule has 0 saturated carbocycles. The van der Waals surface area contributed by atoms with E-state index in [4.69, 9.17) is 18.0 Å². The summed E-state index contributed by atoms with van der Waals surface area (Å²) in [4.78, 5) is 4.61. The third-order valence-corrected chi connectivity index (χ3v) is 2.63. The zero-order valence-corrected chi connectivity index (χ0v) is 10.6. The van der Waals surface area contributed by atoms with E-state index in [2.05, 4.69) is 10.3 Å². The Morgan fingerprint density at radius 2 is 1.89 bits per heavy atom. The van der Waals surface area contributed by atoms with Crippen LogP contribution in [0.25, 0.3) is 0 Å². The SMILES string of the molecule is Cc1ccc(C(N)=S)c(Nc2ccc(F)cc2)n1. The van der Waals surface area contributed by atoms with Crippen LogP contribution >= 0.6 is 12.2 Å². The first-order valence-electron chi connectivity index (χ1n) is 5.36. The minimum atomic E-state index is -0.285. The fourth-order valence-electron chi connectivity index (χ4n) is 1.52. The van der Waals surface area contributed by atoms with Gasteiger partial charge in [-0.2, -0.15) is 0 Å². The number of thiocarbonyl (C=S) groups is 1. The summed E-state index contributed by atoms with van der Waals surface area (Å²) in [5, 5.41) is 3.08. The van der Waals surface area contributed by atoms with E-state index >= 15 is 0 Å². The minimum Gasteiger partial charge on any atom is -0.389 e. The van der Waals surface area contributed by atoms with Crippen molar-refractivity contribution in [1.82, 2.24) is 4.98 Å². The summed E-state index contributed by atoms with van der Waals surface area (Å²) >= 11 is 4.97. The number of benzene rings is 1. The van der Waals surface area contributed by atoms with E-state index in [9.17, 15) is 4.39 Å². The molecule has 3 N–H and O–H groups in total. The molecule has 0 saturated heterocycles. The molecule has 0 aliphatic rings. The van der Waals surface area contributed by atoms with Gasteiger partial charge < -0.3 is 11.1 Å². The Kier molecular flexibility index (Phi) is 3.53. The van der Waals surface area contributed by atoms with Crippen molar-refractivity contribution >= 4 is 28.7 Å². The predicted octanol–water partition coefficient (Wildman–Crippen LogP) is 2.91. The van der Waals surface area contributed by atoms with E-state index in [1.807, 2.05) is 19.1 Å². The molecule has 1 aromatic carbocycles. The molecule has 0 unspecified atom stereocenters. The van der Waals surface area contributed by atoms with Gasteiger partial charge in [-0.05, 0) is 43.3 Å². The van der Waals surface area contributed by atoms with Gasteiger partial charge in [0, 0.05) is 11.4 Å². The van der Waals surface area contributed by atoms with Crippen molar-refractivity contribution in [3.8, 4) is 0 Å². The molecule has 2 aromatic rings. The number of hydrogen-bond acceptors (Lipinski definition) is 3. The maximum Gasteiger partial charge on any atom is 0.140 e. The zero-order valence-electron chi connectivity index (χ0n) is 9.77. The number of pyridine rings is 1. The van der Waals surface area contributed by atoms with Crippen LogP contribution in [-0.2, 0) is 0 Å². The maximum absolute atomic E-state index is 12.8. The van der Waals surface area contributed by atoms with E-state index < -0.39 is 0 Å². The summed E-state index contributed by atoms with van der Waals surface area (Å²) in [6.07, 6.45) is 0. The Morgan fingerprint density at radius 1 is 1.22 bits per heavy atom. The van der Waals surface area contributed by atoms with Crippen molar-refractivity contribution in [3.05, 3.63) is 53.5 Å². The summed E-state index contributed by atoms with van der Waals surface area (Å²) in [5.41, 5.74) is 7.88. The molecule has 0 spiro atoms. The number of nitrogens with two attached hydrogens (primary N) is 1. The average Bonchev–Trinajstić information content (AvgIpc) is 2.32. The van der Waals surface area contributed by atoms with Gasteiger partial charge in [-0.1, -0.05) is 12.2 Å². The first-order valence-corrected chi connectivity index (χ1v) is 5.77. The van der Waals surface area contributed by atoms with Gasteiger partial charge in [-0.3, -0.25) is 0 Å². The van der Waals surface area contributed by atoms with E-state index in [1.54, 1.807) is 12.1 Å². The predicted molar refractivity (Wildman–Crippen MR) is 74.5 cm³/mol. The van der Waals surface area contributed by atoms with Crippen LogP contribution in [0.4, 0.5) is 15.9 Å². The third kappa shape index (κ3) is 2.81. The van der Waals surface area contributed by atoms with Crippen LogP contribution in [0, 0.1) is 12.7 Å². The molecule has 0 fully saturated rings. The number of halogens is 1. The molecule has 1 heterocycles.